The second-order valence-corrected chi connectivity index (χ2v) is 8.82. The molecule has 1 fully saturated rings. The summed E-state index contributed by atoms with van der Waals surface area (Å²) >= 11 is 0. The molecule has 5 nitrogen and oxygen atoms in total. The number of aryl methyl sites for hydroxylation is 1. The largest absolute Gasteiger partial charge is 0.352 e. The molecule has 1 amide bonds. The number of piperidine rings is 1. The van der Waals surface area contributed by atoms with Gasteiger partial charge in [-0.15, -0.1) is 0 Å². The van der Waals surface area contributed by atoms with E-state index in [2.05, 4.69) is 5.32 Å². The molecule has 28 heavy (non-hydrogen) atoms. The van der Waals surface area contributed by atoms with Crippen molar-refractivity contribution in [3.63, 3.8) is 0 Å². The van der Waals surface area contributed by atoms with Crippen molar-refractivity contribution in [2.24, 2.45) is 5.92 Å². The fraction of sp³-hybridized carbons (Fsp3) is 0.350. The van der Waals surface area contributed by atoms with Gasteiger partial charge in [0.1, 0.15) is 16.5 Å². The fourth-order valence-corrected chi connectivity index (χ4v) is 4.77. The molecule has 0 bridgehead atoms. The van der Waals surface area contributed by atoms with E-state index < -0.39 is 15.8 Å². The van der Waals surface area contributed by atoms with Gasteiger partial charge in [-0.2, -0.15) is 4.31 Å². The predicted octanol–water partition coefficient (Wildman–Crippen LogP) is 2.99. The Hall–Kier alpha value is -2.32. The van der Waals surface area contributed by atoms with E-state index in [4.69, 9.17) is 0 Å². The number of halogens is 2. The van der Waals surface area contributed by atoms with Crippen LogP contribution in [0.3, 0.4) is 0 Å². The molecule has 2 aromatic carbocycles. The topological polar surface area (TPSA) is 66.5 Å². The highest BCUT2D eigenvalue weighted by Gasteiger charge is 2.33. The van der Waals surface area contributed by atoms with Gasteiger partial charge in [-0.3, -0.25) is 4.79 Å². The smallest absolute Gasteiger partial charge is 0.245 e. The molecule has 8 heteroatoms. The van der Waals surface area contributed by atoms with Crippen LogP contribution < -0.4 is 5.32 Å². The van der Waals surface area contributed by atoms with Gasteiger partial charge in [-0.05, 0) is 49.1 Å². The Bertz CT molecular complexity index is 971. The standard InChI is InChI=1S/C20H22F2N2O3S/c1-14-6-7-15(12-18(14)22)13-23-20(25)16-8-10-24(11-9-16)28(26,27)19-5-3-2-4-17(19)21/h2-7,12,16H,8-11,13H2,1H3,(H,23,25). The third-order valence-electron chi connectivity index (χ3n) is 4.98. The Morgan fingerprint density at radius 3 is 2.43 bits per heavy atom. The number of sulfonamides is 1. The highest BCUT2D eigenvalue weighted by atomic mass is 32.2. The van der Waals surface area contributed by atoms with Crippen LogP contribution in [0.2, 0.25) is 0 Å². The Labute approximate surface area is 163 Å². The summed E-state index contributed by atoms with van der Waals surface area (Å²) in [4.78, 5) is 12.0. The summed E-state index contributed by atoms with van der Waals surface area (Å²) in [6, 6.07) is 10.1. The van der Waals surface area contributed by atoms with Crippen molar-refractivity contribution in [2.45, 2.75) is 31.2 Å². The van der Waals surface area contributed by atoms with Gasteiger partial charge < -0.3 is 5.32 Å². The maximum atomic E-state index is 13.9. The van der Waals surface area contributed by atoms with Crippen LogP contribution in [-0.4, -0.2) is 31.7 Å². The average molecular weight is 408 g/mol. The average Bonchev–Trinajstić information content (AvgIpc) is 2.69. The minimum atomic E-state index is -3.92. The monoisotopic (exact) mass is 408 g/mol. The zero-order valence-electron chi connectivity index (χ0n) is 15.5. The van der Waals surface area contributed by atoms with Crippen LogP contribution in [0.25, 0.3) is 0 Å². The molecule has 0 atom stereocenters. The van der Waals surface area contributed by atoms with Crippen molar-refractivity contribution in [1.29, 1.82) is 0 Å². The van der Waals surface area contributed by atoms with Gasteiger partial charge in [-0.1, -0.05) is 24.3 Å². The van der Waals surface area contributed by atoms with E-state index >= 15 is 0 Å². The summed E-state index contributed by atoms with van der Waals surface area (Å²) in [5.74, 6) is -1.63. The van der Waals surface area contributed by atoms with E-state index in [9.17, 15) is 22.0 Å². The van der Waals surface area contributed by atoms with Crippen molar-refractivity contribution in [2.75, 3.05) is 13.1 Å². The molecule has 1 saturated heterocycles. The summed E-state index contributed by atoms with van der Waals surface area (Å²) in [5.41, 5.74) is 1.20. The van der Waals surface area contributed by atoms with Gasteiger partial charge >= 0.3 is 0 Å². The molecular weight excluding hydrogens is 386 g/mol. The quantitative estimate of drug-likeness (QED) is 0.827. The molecule has 0 unspecified atom stereocenters. The van der Waals surface area contributed by atoms with Crippen LogP contribution in [0.1, 0.15) is 24.0 Å². The summed E-state index contributed by atoms with van der Waals surface area (Å²) in [6.45, 7) is 2.17. The first-order valence-electron chi connectivity index (χ1n) is 9.06. The first-order valence-corrected chi connectivity index (χ1v) is 10.5. The zero-order valence-corrected chi connectivity index (χ0v) is 16.3. The van der Waals surface area contributed by atoms with Crippen LogP contribution in [0.4, 0.5) is 8.78 Å². The Kier molecular flexibility index (Phi) is 6.10. The van der Waals surface area contributed by atoms with Crippen LogP contribution in [-0.2, 0) is 21.4 Å². The first-order chi connectivity index (χ1) is 13.3. The number of carbonyl (C=O) groups is 1. The van der Waals surface area contributed by atoms with E-state index in [1.165, 1.54) is 28.6 Å². The number of hydrogen-bond acceptors (Lipinski definition) is 3. The Balaban J connectivity index is 1.56. The van der Waals surface area contributed by atoms with Crippen LogP contribution >= 0.6 is 0 Å². The van der Waals surface area contributed by atoms with Gasteiger partial charge in [0.25, 0.3) is 0 Å². The Morgan fingerprint density at radius 1 is 1.11 bits per heavy atom. The van der Waals surface area contributed by atoms with Crippen molar-refractivity contribution in [3.8, 4) is 0 Å². The lowest BCUT2D eigenvalue weighted by Gasteiger charge is -2.30. The maximum absolute atomic E-state index is 13.9. The summed E-state index contributed by atoms with van der Waals surface area (Å²) in [7, 11) is -3.92. The lowest BCUT2D eigenvalue weighted by molar-refractivity contribution is -0.126. The lowest BCUT2D eigenvalue weighted by atomic mass is 9.97. The van der Waals surface area contributed by atoms with Crippen molar-refractivity contribution < 1.29 is 22.0 Å². The Morgan fingerprint density at radius 2 is 1.79 bits per heavy atom. The van der Waals surface area contributed by atoms with E-state index in [1.54, 1.807) is 19.1 Å². The minimum Gasteiger partial charge on any atom is -0.352 e. The summed E-state index contributed by atoms with van der Waals surface area (Å²) in [5, 5.41) is 2.78. The number of nitrogens with one attached hydrogen (secondary N) is 1. The van der Waals surface area contributed by atoms with Gasteiger partial charge in [0, 0.05) is 25.6 Å². The number of rotatable bonds is 5. The molecular formula is C20H22F2N2O3S. The molecule has 3 rings (SSSR count). The number of amides is 1. The molecule has 1 N–H and O–H groups in total. The highest BCUT2D eigenvalue weighted by molar-refractivity contribution is 7.89. The van der Waals surface area contributed by atoms with Gasteiger partial charge in [-0.25, -0.2) is 17.2 Å². The predicted molar refractivity (Wildman–Crippen MR) is 101 cm³/mol. The summed E-state index contributed by atoms with van der Waals surface area (Å²) < 4.78 is 53.9. The van der Waals surface area contributed by atoms with Crippen LogP contribution in [0.5, 0.6) is 0 Å². The molecule has 0 aliphatic carbocycles. The molecule has 1 aliphatic heterocycles. The molecule has 2 aromatic rings. The third-order valence-corrected chi connectivity index (χ3v) is 6.91. The molecule has 1 aliphatic rings. The van der Waals surface area contributed by atoms with E-state index in [1.807, 2.05) is 0 Å². The third kappa shape index (κ3) is 4.39. The number of nitrogens with zero attached hydrogens (tertiary/aromatic N) is 1. The SMILES string of the molecule is Cc1ccc(CNC(=O)C2CCN(S(=O)(=O)c3ccccc3F)CC2)cc1F. The van der Waals surface area contributed by atoms with Crippen molar-refractivity contribution >= 4 is 15.9 Å². The van der Waals surface area contributed by atoms with Gasteiger partial charge in [0.15, 0.2) is 0 Å². The van der Waals surface area contributed by atoms with Crippen LogP contribution in [0.15, 0.2) is 47.4 Å². The molecule has 0 aromatic heterocycles. The second kappa shape index (κ2) is 8.36. The van der Waals surface area contributed by atoms with E-state index in [0.29, 0.717) is 24.0 Å². The molecule has 1 heterocycles. The first kappa shape index (κ1) is 20.4. The van der Waals surface area contributed by atoms with E-state index in [0.717, 1.165) is 6.07 Å². The van der Waals surface area contributed by atoms with Crippen LogP contribution in [0, 0.1) is 24.5 Å². The molecule has 0 spiro atoms. The number of carbonyl (C=O) groups excluding carboxylic acids is 1. The lowest BCUT2D eigenvalue weighted by Crippen LogP contribution is -2.43. The molecule has 0 radical (unpaired) electrons. The number of benzene rings is 2. The van der Waals surface area contributed by atoms with Crippen molar-refractivity contribution in [3.05, 3.63) is 65.2 Å². The van der Waals surface area contributed by atoms with Crippen molar-refractivity contribution in [1.82, 2.24) is 9.62 Å². The second-order valence-electron chi connectivity index (χ2n) is 6.91. The number of hydrogen-bond donors (Lipinski definition) is 1. The van der Waals surface area contributed by atoms with Gasteiger partial charge in [0.2, 0.25) is 15.9 Å². The minimum absolute atomic E-state index is 0.147. The highest BCUT2D eigenvalue weighted by Crippen LogP contribution is 2.25. The van der Waals surface area contributed by atoms with Gasteiger partial charge in [0.05, 0.1) is 0 Å². The summed E-state index contributed by atoms with van der Waals surface area (Å²) in [6.07, 6.45) is 0.698. The normalized spacial score (nSPS) is 16.1. The maximum Gasteiger partial charge on any atom is 0.245 e. The van der Waals surface area contributed by atoms with E-state index in [-0.39, 0.29) is 42.2 Å². The molecule has 0 saturated carbocycles. The molecule has 150 valence electrons. The zero-order chi connectivity index (χ0) is 20.3. The fourth-order valence-electron chi connectivity index (χ4n) is 3.23.